The highest BCUT2D eigenvalue weighted by atomic mass is 35.5. The van der Waals surface area contributed by atoms with E-state index in [0.29, 0.717) is 26.5 Å². The van der Waals surface area contributed by atoms with E-state index in [0.717, 1.165) is 22.5 Å². The third-order valence-corrected chi connectivity index (χ3v) is 5.82. The maximum atomic E-state index is 6.51. The Hall–Kier alpha value is -1.97. The summed E-state index contributed by atoms with van der Waals surface area (Å²) in [7, 11) is 0. The van der Waals surface area contributed by atoms with Crippen LogP contribution in [0.2, 0.25) is 20.1 Å². The molecule has 146 valence electrons. The lowest BCUT2D eigenvalue weighted by atomic mass is 10.0. The van der Waals surface area contributed by atoms with Gasteiger partial charge in [0.2, 0.25) is 0 Å². The Morgan fingerprint density at radius 2 is 1.48 bits per heavy atom. The number of allylic oxidation sites excluding steroid dienone is 1. The average molecular weight is 462 g/mol. The van der Waals surface area contributed by atoms with Crippen molar-refractivity contribution in [3.63, 3.8) is 0 Å². The maximum Gasteiger partial charge on any atom is 0.0845 e. The van der Waals surface area contributed by atoms with Gasteiger partial charge in [-0.05, 0) is 53.6 Å². The minimum absolute atomic E-state index is 0.0255. The van der Waals surface area contributed by atoms with Crippen molar-refractivity contribution < 1.29 is 0 Å². The number of anilines is 1. The van der Waals surface area contributed by atoms with Crippen LogP contribution in [0.3, 0.4) is 0 Å². The van der Waals surface area contributed by atoms with Crippen LogP contribution in [0.4, 0.5) is 5.69 Å². The Kier molecular flexibility index (Phi) is 6.17. The zero-order valence-electron chi connectivity index (χ0n) is 15.2. The highest BCUT2D eigenvalue weighted by molar-refractivity contribution is 6.36. The first-order chi connectivity index (χ1) is 14.0. The summed E-state index contributed by atoms with van der Waals surface area (Å²) >= 11 is 24.9. The van der Waals surface area contributed by atoms with Gasteiger partial charge in [-0.2, -0.15) is 5.10 Å². The lowest BCUT2D eigenvalue weighted by Crippen LogP contribution is -2.18. The van der Waals surface area contributed by atoms with E-state index in [4.69, 9.17) is 51.5 Å². The molecule has 2 nitrogen and oxygen atoms in total. The van der Waals surface area contributed by atoms with E-state index in [1.54, 1.807) is 12.1 Å². The minimum Gasteiger partial charge on any atom is -0.257 e. The number of hydrazone groups is 1. The smallest absolute Gasteiger partial charge is 0.0845 e. The van der Waals surface area contributed by atoms with Crippen molar-refractivity contribution in [1.82, 2.24) is 0 Å². The summed E-state index contributed by atoms with van der Waals surface area (Å²) in [5.41, 5.74) is 3.79. The van der Waals surface area contributed by atoms with Crippen molar-refractivity contribution in [2.24, 2.45) is 5.10 Å². The molecule has 1 aliphatic rings. The van der Waals surface area contributed by atoms with E-state index < -0.39 is 0 Å². The summed E-state index contributed by atoms with van der Waals surface area (Å²) in [4.78, 5) is 0. The van der Waals surface area contributed by atoms with Crippen LogP contribution < -0.4 is 5.01 Å². The molecule has 1 heterocycles. The minimum atomic E-state index is -0.0255. The lowest BCUT2D eigenvalue weighted by molar-refractivity contribution is 0.709. The van der Waals surface area contributed by atoms with Gasteiger partial charge in [-0.3, -0.25) is 5.01 Å². The van der Waals surface area contributed by atoms with E-state index in [2.05, 4.69) is 0 Å². The first kappa shape index (κ1) is 20.3. The molecule has 29 heavy (non-hydrogen) atoms. The van der Waals surface area contributed by atoms with Gasteiger partial charge in [-0.15, -0.1) is 0 Å². The fraction of sp³-hybridized carbons (Fsp3) is 0.0870. The summed E-state index contributed by atoms with van der Waals surface area (Å²) in [6.45, 7) is 0. The van der Waals surface area contributed by atoms with Gasteiger partial charge in [0.1, 0.15) is 0 Å². The third kappa shape index (κ3) is 4.62. The third-order valence-electron chi connectivity index (χ3n) is 4.69. The second-order valence-electron chi connectivity index (χ2n) is 6.66. The Balaban J connectivity index is 1.68. The summed E-state index contributed by atoms with van der Waals surface area (Å²) < 4.78 is 0. The Labute approximate surface area is 190 Å². The quantitative estimate of drug-likeness (QED) is 0.381. The van der Waals surface area contributed by atoms with Gasteiger partial charge < -0.3 is 0 Å². The summed E-state index contributed by atoms with van der Waals surface area (Å²) in [5.74, 6) is 0. The molecule has 0 N–H and O–H groups in total. The highest BCUT2D eigenvalue weighted by Crippen LogP contribution is 2.39. The van der Waals surface area contributed by atoms with Gasteiger partial charge in [0.05, 0.1) is 17.4 Å². The summed E-state index contributed by atoms with van der Waals surface area (Å²) in [6.07, 6.45) is 4.64. The Bertz CT molecular complexity index is 1090. The van der Waals surface area contributed by atoms with Gasteiger partial charge in [0, 0.05) is 26.5 Å². The second kappa shape index (κ2) is 8.81. The molecule has 0 saturated carbocycles. The van der Waals surface area contributed by atoms with Gasteiger partial charge in [0.25, 0.3) is 0 Å². The zero-order chi connectivity index (χ0) is 20.4. The van der Waals surface area contributed by atoms with Crippen LogP contribution in [0.25, 0.3) is 6.08 Å². The van der Waals surface area contributed by atoms with Crippen LogP contribution in [-0.2, 0) is 0 Å². The molecule has 0 amide bonds. The average Bonchev–Trinajstić information content (AvgIpc) is 3.12. The van der Waals surface area contributed by atoms with Crippen LogP contribution in [0, 0.1) is 0 Å². The monoisotopic (exact) mass is 460 g/mol. The van der Waals surface area contributed by atoms with E-state index in [9.17, 15) is 0 Å². The van der Waals surface area contributed by atoms with Gasteiger partial charge in [-0.25, -0.2) is 0 Å². The fourth-order valence-electron chi connectivity index (χ4n) is 3.29. The van der Waals surface area contributed by atoms with E-state index >= 15 is 0 Å². The first-order valence-electron chi connectivity index (χ1n) is 9.01. The molecule has 0 radical (unpaired) electrons. The Morgan fingerprint density at radius 1 is 0.793 bits per heavy atom. The Morgan fingerprint density at radius 3 is 2.17 bits per heavy atom. The van der Waals surface area contributed by atoms with Gasteiger partial charge in [-0.1, -0.05) is 82.8 Å². The molecule has 1 aliphatic heterocycles. The molecule has 3 aromatic rings. The number of para-hydroxylation sites is 1. The van der Waals surface area contributed by atoms with Crippen molar-refractivity contribution >= 4 is 63.9 Å². The van der Waals surface area contributed by atoms with Gasteiger partial charge in [0.15, 0.2) is 0 Å². The number of benzene rings is 3. The van der Waals surface area contributed by atoms with E-state index in [1.807, 2.05) is 71.8 Å². The topological polar surface area (TPSA) is 15.6 Å². The van der Waals surface area contributed by atoms with Crippen molar-refractivity contribution in [3.8, 4) is 0 Å². The maximum absolute atomic E-state index is 6.51. The fourth-order valence-corrected chi connectivity index (χ4v) is 4.30. The molecule has 0 fully saturated rings. The summed E-state index contributed by atoms with van der Waals surface area (Å²) in [6, 6.07) is 21.0. The number of hydrogen-bond acceptors (Lipinski definition) is 2. The molecular weight excluding hydrogens is 446 g/mol. The zero-order valence-corrected chi connectivity index (χ0v) is 18.2. The van der Waals surface area contributed by atoms with E-state index in [-0.39, 0.29) is 6.04 Å². The molecule has 3 aromatic carbocycles. The predicted molar refractivity (Wildman–Crippen MR) is 126 cm³/mol. The standard InChI is InChI=1S/C23H16Cl4N2/c24-16-8-6-15(21(26)12-16)7-10-18-14-23(20-11-9-17(25)13-22(20)27)29(28-18)19-4-2-1-3-5-19/h1-13,23H,14H2. The van der Waals surface area contributed by atoms with Crippen LogP contribution >= 0.6 is 46.4 Å². The normalized spacial score (nSPS) is 16.5. The number of hydrogen-bond donors (Lipinski definition) is 0. The number of halogens is 4. The van der Waals surface area contributed by atoms with Crippen molar-refractivity contribution in [3.05, 3.63) is 104 Å². The van der Waals surface area contributed by atoms with E-state index in [1.165, 1.54) is 0 Å². The molecule has 0 aromatic heterocycles. The molecule has 1 unspecified atom stereocenters. The molecule has 1 atom stereocenters. The lowest BCUT2D eigenvalue weighted by Gasteiger charge is -2.24. The van der Waals surface area contributed by atoms with Crippen molar-refractivity contribution in [1.29, 1.82) is 0 Å². The van der Waals surface area contributed by atoms with Crippen LogP contribution in [0.5, 0.6) is 0 Å². The molecule has 0 saturated heterocycles. The van der Waals surface area contributed by atoms with Gasteiger partial charge >= 0.3 is 0 Å². The number of rotatable bonds is 4. The van der Waals surface area contributed by atoms with Crippen LogP contribution in [0.1, 0.15) is 23.6 Å². The molecule has 4 rings (SSSR count). The molecular formula is C23H16Cl4N2. The van der Waals surface area contributed by atoms with Crippen LogP contribution in [-0.4, -0.2) is 5.71 Å². The van der Waals surface area contributed by atoms with Crippen LogP contribution in [0.15, 0.2) is 77.9 Å². The molecule has 6 heteroatoms. The second-order valence-corrected chi connectivity index (χ2v) is 8.34. The summed E-state index contributed by atoms with van der Waals surface area (Å²) in [5, 5.41) is 9.30. The molecule has 0 bridgehead atoms. The van der Waals surface area contributed by atoms with Crippen molar-refractivity contribution in [2.75, 3.05) is 5.01 Å². The number of nitrogens with zero attached hydrogens (tertiary/aromatic N) is 2. The molecule has 0 spiro atoms. The SMILES string of the molecule is Clc1ccc(C=CC2=NN(c3ccccc3)C(c3ccc(Cl)cc3Cl)C2)c(Cl)c1. The largest absolute Gasteiger partial charge is 0.257 e. The molecule has 0 aliphatic carbocycles. The first-order valence-corrected chi connectivity index (χ1v) is 10.5. The predicted octanol–water partition coefficient (Wildman–Crippen LogP) is 8.32. The van der Waals surface area contributed by atoms with Crippen molar-refractivity contribution in [2.45, 2.75) is 12.5 Å². The highest BCUT2D eigenvalue weighted by Gasteiger charge is 2.29.